The maximum atomic E-state index is 12.4. The highest BCUT2D eigenvalue weighted by Crippen LogP contribution is 2.12. The third-order valence-corrected chi connectivity index (χ3v) is 8.42. The normalized spacial score (nSPS) is 11.3. The van der Waals surface area contributed by atoms with Crippen LogP contribution in [-0.2, 0) is 9.59 Å². The van der Waals surface area contributed by atoms with Crippen LogP contribution in [0.1, 0.15) is 174 Å². The number of hydrogen-bond acceptors (Lipinski definition) is 4. The summed E-state index contributed by atoms with van der Waals surface area (Å²) in [6.07, 6.45) is 31.1. The van der Waals surface area contributed by atoms with Crippen LogP contribution in [-0.4, -0.2) is 63.0 Å². The summed E-state index contributed by atoms with van der Waals surface area (Å²) in [6, 6.07) is 0. The molecule has 0 aliphatic heterocycles. The van der Waals surface area contributed by atoms with E-state index in [1.54, 1.807) is 0 Å². The molecule has 0 fully saturated rings. The van der Waals surface area contributed by atoms with E-state index < -0.39 is 0 Å². The average Bonchev–Trinajstić information content (AvgIpc) is 2.99. The summed E-state index contributed by atoms with van der Waals surface area (Å²) in [5.41, 5.74) is 0. The van der Waals surface area contributed by atoms with E-state index in [9.17, 15) is 9.59 Å². The molecule has 0 bridgehead atoms. The van der Waals surface area contributed by atoms with Gasteiger partial charge in [0.1, 0.15) is 0 Å². The Bertz CT molecular complexity index is 529. The highest BCUT2D eigenvalue weighted by Gasteiger charge is 2.11. The van der Waals surface area contributed by atoms with E-state index in [1.807, 2.05) is 7.05 Å². The third-order valence-electron chi connectivity index (χ3n) is 8.42. The summed E-state index contributed by atoms with van der Waals surface area (Å²) in [6.45, 7) is 9.43. The Morgan fingerprint density at radius 3 is 1.10 bits per heavy atom. The summed E-state index contributed by atoms with van der Waals surface area (Å²) in [5.74, 6) is 0.281. The zero-order valence-electron chi connectivity index (χ0n) is 28.7. The van der Waals surface area contributed by atoms with Crippen LogP contribution in [0.15, 0.2) is 0 Å². The Labute approximate surface area is 262 Å². The van der Waals surface area contributed by atoms with Gasteiger partial charge in [0.2, 0.25) is 11.8 Å². The van der Waals surface area contributed by atoms with Crippen molar-refractivity contribution in [3.05, 3.63) is 0 Å². The molecule has 250 valence electrons. The van der Waals surface area contributed by atoms with E-state index in [4.69, 9.17) is 0 Å². The Kier molecular flexibility index (Phi) is 33.4. The number of nitrogens with zero attached hydrogens (tertiary/aromatic N) is 1. The van der Waals surface area contributed by atoms with Crippen molar-refractivity contribution in [3.63, 3.8) is 0 Å². The summed E-state index contributed by atoms with van der Waals surface area (Å²) < 4.78 is 0. The van der Waals surface area contributed by atoms with Gasteiger partial charge in [-0.15, -0.1) is 0 Å². The molecule has 0 spiro atoms. The molecule has 3 N–H and O–H groups in total. The lowest BCUT2D eigenvalue weighted by Crippen LogP contribution is -2.35. The number of hydrogen-bond donors (Lipinski definition) is 3. The summed E-state index contributed by atoms with van der Waals surface area (Å²) in [5, 5.41) is 9.42. The van der Waals surface area contributed by atoms with Crippen LogP contribution in [0, 0.1) is 0 Å². The number of unbranched alkanes of at least 4 members (excludes halogenated alkanes) is 20. The Morgan fingerprint density at radius 2 is 0.762 bits per heavy atom. The smallest absolute Gasteiger partial charge is 0.221 e. The van der Waals surface area contributed by atoms with E-state index in [1.165, 1.54) is 128 Å². The van der Waals surface area contributed by atoms with Crippen molar-refractivity contribution in [1.82, 2.24) is 20.9 Å². The Morgan fingerprint density at radius 1 is 0.429 bits per heavy atom. The number of carbonyl (C=O) groups excluding carboxylic acids is 2. The van der Waals surface area contributed by atoms with E-state index in [0.29, 0.717) is 12.8 Å². The Hall–Kier alpha value is -1.14. The maximum absolute atomic E-state index is 12.4. The maximum Gasteiger partial charge on any atom is 0.221 e. The minimum atomic E-state index is 0.140. The van der Waals surface area contributed by atoms with Gasteiger partial charge in [0.25, 0.3) is 0 Å². The molecule has 0 aromatic carbocycles. The molecular formula is C36H74N4O2. The predicted molar refractivity (Wildman–Crippen MR) is 183 cm³/mol. The van der Waals surface area contributed by atoms with Gasteiger partial charge in [0.15, 0.2) is 0 Å². The van der Waals surface area contributed by atoms with E-state index in [-0.39, 0.29) is 11.8 Å². The van der Waals surface area contributed by atoms with Crippen LogP contribution >= 0.6 is 0 Å². The standard InChI is InChI=1S/C36H74N4O2/c1-4-6-8-10-12-14-16-18-20-22-24-30-38-35(41)27-33-40(32-26-29-37-3)34-28-36(42)39-31-25-23-21-19-17-15-13-11-9-7-5-2/h37H,4-34H2,1-3H3,(H,38,41)(H,39,42). The van der Waals surface area contributed by atoms with Gasteiger partial charge >= 0.3 is 0 Å². The molecule has 6 heteroatoms. The minimum absolute atomic E-state index is 0.140. The van der Waals surface area contributed by atoms with Crippen LogP contribution in [0.2, 0.25) is 0 Å². The van der Waals surface area contributed by atoms with Crippen molar-refractivity contribution in [1.29, 1.82) is 0 Å². The molecule has 2 amide bonds. The van der Waals surface area contributed by atoms with E-state index in [2.05, 4.69) is 34.7 Å². The lowest BCUT2D eigenvalue weighted by molar-refractivity contribution is -0.121. The van der Waals surface area contributed by atoms with Gasteiger partial charge in [-0.1, -0.05) is 142 Å². The van der Waals surface area contributed by atoms with Gasteiger partial charge in [-0.3, -0.25) is 9.59 Å². The van der Waals surface area contributed by atoms with Crippen molar-refractivity contribution in [2.75, 3.05) is 46.3 Å². The fourth-order valence-electron chi connectivity index (χ4n) is 5.54. The molecule has 0 saturated carbocycles. The van der Waals surface area contributed by atoms with Crippen LogP contribution < -0.4 is 16.0 Å². The highest BCUT2D eigenvalue weighted by molar-refractivity contribution is 5.76. The van der Waals surface area contributed by atoms with Gasteiger partial charge in [0.05, 0.1) is 0 Å². The number of carbonyl (C=O) groups is 2. The van der Waals surface area contributed by atoms with Crippen molar-refractivity contribution in [3.8, 4) is 0 Å². The first kappa shape index (κ1) is 40.9. The molecule has 0 radical (unpaired) electrons. The van der Waals surface area contributed by atoms with Gasteiger partial charge in [-0.05, 0) is 39.4 Å². The molecule has 0 aliphatic rings. The van der Waals surface area contributed by atoms with Crippen LogP contribution in [0.25, 0.3) is 0 Å². The fraction of sp³-hybridized carbons (Fsp3) is 0.944. The number of nitrogens with one attached hydrogen (secondary N) is 3. The molecule has 0 rings (SSSR count). The van der Waals surface area contributed by atoms with Crippen LogP contribution in [0.4, 0.5) is 0 Å². The SMILES string of the molecule is CCCCCCCCCCCCCNC(=O)CCN(CCCNC)CCC(=O)NCCCCCCCCCCCCC. The van der Waals surface area contributed by atoms with Gasteiger partial charge in [-0.25, -0.2) is 0 Å². The fourth-order valence-corrected chi connectivity index (χ4v) is 5.54. The van der Waals surface area contributed by atoms with E-state index in [0.717, 1.165) is 58.5 Å². The number of amides is 2. The van der Waals surface area contributed by atoms with Crippen molar-refractivity contribution in [2.24, 2.45) is 0 Å². The Balaban J connectivity index is 3.82. The van der Waals surface area contributed by atoms with E-state index >= 15 is 0 Å². The van der Waals surface area contributed by atoms with Crippen molar-refractivity contribution in [2.45, 2.75) is 174 Å². The second-order valence-corrected chi connectivity index (χ2v) is 12.6. The van der Waals surface area contributed by atoms with Crippen LogP contribution in [0.3, 0.4) is 0 Å². The molecule has 0 unspecified atom stereocenters. The summed E-state index contributed by atoms with van der Waals surface area (Å²) >= 11 is 0. The third kappa shape index (κ3) is 31.8. The topological polar surface area (TPSA) is 73.5 Å². The first-order valence-electron chi connectivity index (χ1n) is 18.5. The average molecular weight is 595 g/mol. The first-order chi connectivity index (χ1) is 20.6. The zero-order chi connectivity index (χ0) is 30.8. The highest BCUT2D eigenvalue weighted by atomic mass is 16.2. The van der Waals surface area contributed by atoms with Gasteiger partial charge in [-0.2, -0.15) is 0 Å². The van der Waals surface area contributed by atoms with Crippen molar-refractivity contribution < 1.29 is 9.59 Å². The molecule has 0 aromatic rings. The zero-order valence-corrected chi connectivity index (χ0v) is 28.7. The second kappa shape index (κ2) is 34.4. The number of rotatable bonds is 34. The van der Waals surface area contributed by atoms with Crippen LogP contribution in [0.5, 0.6) is 0 Å². The largest absolute Gasteiger partial charge is 0.356 e. The summed E-state index contributed by atoms with van der Waals surface area (Å²) in [4.78, 5) is 27.1. The molecule has 0 aromatic heterocycles. The predicted octanol–water partition coefficient (Wildman–Crippen LogP) is 8.53. The summed E-state index contributed by atoms with van der Waals surface area (Å²) in [7, 11) is 1.97. The minimum Gasteiger partial charge on any atom is -0.356 e. The molecule has 0 aliphatic carbocycles. The quantitative estimate of drug-likeness (QED) is 0.0653. The first-order valence-corrected chi connectivity index (χ1v) is 18.5. The lowest BCUT2D eigenvalue weighted by atomic mass is 10.1. The molecule has 6 nitrogen and oxygen atoms in total. The molecule has 0 heterocycles. The van der Waals surface area contributed by atoms with Crippen molar-refractivity contribution >= 4 is 11.8 Å². The van der Waals surface area contributed by atoms with Gasteiger partial charge < -0.3 is 20.9 Å². The monoisotopic (exact) mass is 595 g/mol. The lowest BCUT2D eigenvalue weighted by Gasteiger charge is -2.22. The molecule has 42 heavy (non-hydrogen) atoms. The second-order valence-electron chi connectivity index (χ2n) is 12.6. The molecular weight excluding hydrogens is 520 g/mol. The molecule has 0 atom stereocenters. The molecule has 0 saturated heterocycles. The van der Waals surface area contributed by atoms with Gasteiger partial charge in [0, 0.05) is 39.0 Å².